The predicted octanol–water partition coefficient (Wildman–Crippen LogP) is 7.83. The molecule has 8 rings (SSSR count). The number of imide groups is 2. The number of amides is 4. The molecule has 0 aromatic heterocycles. The van der Waals surface area contributed by atoms with Gasteiger partial charge in [-0.1, -0.05) is 0 Å². The summed E-state index contributed by atoms with van der Waals surface area (Å²) in [5, 5.41) is 0. The quantitative estimate of drug-likeness (QED) is 0.121. The zero-order chi connectivity index (χ0) is 35.2. The molecule has 11 nitrogen and oxygen atoms in total. The zero-order valence-electron chi connectivity index (χ0n) is 26.6. The minimum absolute atomic E-state index is 0.169. The predicted molar refractivity (Wildman–Crippen MR) is 190 cm³/mol. The monoisotopic (exact) mass is 674 g/mol. The second-order valence-corrected chi connectivity index (χ2v) is 11.7. The van der Waals surface area contributed by atoms with E-state index in [0.717, 1.165) is 9.80 Å². The van der Waals surface area contributed by atoms with Crippen molar-refractivity contribution in [3.8, 4) is 34.5 Å². The molecule has 0 saturated heterocycles. The maximum Gasteiger partial charge on any atom is 0.266 e. The van der Waals surface area contributed by atoms with Crippen LogP contribution in [0.2, 0.25) is 0 Å². The molecule has 2 heterocycles. The van der Waals surface area contributed by atoms with Crippen LogP contribution in [0, 0.1) is 0 Å². The smallest absolute Gasteiger partial charge is 0.266 e. The molecule has 0 aliphatic carbocycles. The minimum atomic E-state index is -0.511. The van der Waals surface area contributed by atoms with Gasteiger partial charge >= 0.3 is 0 Å². The molecule has 2 aliphatic rings. The largest absolute Gasteiger partial charge is 0.457 e. The van der Waals surface area contributed by atoms with Gasteiger partial charge in [0.25, 0.3) is 23.6 Å². The average Bonchev–Trinajstić information content (AvgIpc) is 3.54. The molecule has 248 valence electrons. The SMILES string of the molecule is Nc1ccc(Oc2ccc(N3C(=O)c4ccc(Oc5ccc6c(c5)C(=O)N(c5ccc(Oc7ccc(N)cc7)cc5)C6=O)cc4C3=O)cc2)cc1. The molecular weight excluding hydrogens is 648 g/mol. The third-order valence-electron chi connectivity index (χ3n) is 8.37. The van der Waals surface area contributed by atoms with Crippen molar-refractivity contribution in [2.75, 3.05) is 21.3 Å². The van der Waals surface area contributed by atoms with Crippen molar-refractivity contribution in [3.63, 3.8) is 0 Å². The molecule has 0 saturated carbocycles. The van der Waals surface area contributed by atoms with Gasteiger partial charge in [-0.05, 0) is 133 Å². The summed E-state index contributed by atoms with van der Waals surface area (Å²) in [4.78, 5) is 55.6. The molecular formula is C40H26N4O7. The van der Waals surface area contributed by atoms with Crippen LogP contribution in [0.3, 0.4) is 0 Å². The number of ether oxygens (including phenoxy) is 3. The van der Waals surface area contributed by atoms with Crippen molar-refractivity contribution in [2.24, 2.45) is 0 Å². The highest BCUT2D eigenvalue weighted by atomic mass is 16.5. The average molecular weight is 675 g/mol. The molecule has 6 aromatic rings. The number of fused-ring (bicyclic) bond motifs is 2. The number of nitrogens with zero attached hydrogens (tertiary/aromatic N) is 2. The van der Waals surface area contributed by atoms with Gasteiger partial charge in [0.05, 0.1) is 33.6 Å². The summed E-state index contributed by atoms with van der Waals surface area (Å²) >= 11 is 0. The number of nitrogen functional groups attached to an aromatic ring is 2. The summed E-state index contributed by atoms with van der Waals surface area (Å²) < 4.78 is 17.7. The molecule has 0 fully saturated rings. The second-order valence-electron chi connectivity index (χ2n) is 11.7. The highest BCUT2D eigenvalue weighted by Gasteiger charge is 2.38. The minimum Gasteiger partial charge on any atom is -0.457 e. The van der Waals surface area contributed by atoms with Gasteiger partial charge in [0.1, 0.15) is 34.5 Å². The van der Waals surface area contributed by atoms with Crippen molar-refractivity contribution in [2.45, 2.75) is 0 Å². The number of hydrogen-bond acceptors (Lipinski definition) is 9. The molecule has 0 spiro atoms. The van der Waals surface area contributed by atoms with Crippen LogP contribution in [-0.2, 0) is 0 Å². The Balaban J connectivity index is 0.961. The summed E-state index contributed by atoms with van der Waals surface area (Å²) in [6.45, 7) is 0. The number of carbonyl (C=O) groups excluding carboxylic acids is 4. The highest BCUT2D eigenvalue weighted by Crippen LogP contribution is 2.36. The van der Waals surface area contributed by atoms with Crippen molar-refractivity contribution in [1.29, 1.82) is 0 Å². The van der Waals surface area contributed by atoms with E-state index >= 15 is 0 Å². The third kappa shape index (κ3) is 5.74. The van der Waals surface area contributed by atoms with Crippen molar-refractivity contribution in [3.05, 3.63) is 156 Å². The van der Waals surface area contributed by atoms with Gasteiger partial charge in [-0.25, -0.2) is 9.80 Å². The third-order valence-corrected chi connectivity index (χ3v) is 8.37. The highest BCUT2D eigenvalue weighted by molar-refractivity contribution is 6.35. The van der Waals surface area contributed by atoms with E-state index in [2.05, 4.69) is 0 Å². The Kier molecular flexibility index (Phi) is 7.42. The molecule has 0 atom stereocenters. The van der Waals surface area contributed by atoms with Gasteiger partial charge in [-0.15, -0.1) is 0 Å². The van der Waals surface area contributed by atoms with Crippen molar-refractivity contribution >= 4 is 46.4 Å². The molecule has 6 aromatic carbocycles. The van der Waals surface area contributed by atoms with Crippen LogP contribution in [-0.4, -0.2) is 23.6 Å². The number of hydrogen-bond donors (Lipinski definition) is 2. The van der Waals surface area contributed by atoms with Gasteiger partial charge in [-0.2, -0.15) is 0 Å². The molecule has 0 bridgehead atoms. The number of rotatable bonds is 8. The Bertz CT molecular complexity index is 2210. The fourth-order valence-corrected chi connectivity index (χ4v) is 5.84. The maximum atomic E-state index is 13.5. The Labute approximate surface area is 290 Å². The van der Waals surface area contributed by atoms with E-state index in [1.54, 1.807) is 109 Å². The van der Waals surface area contributed by atoms with Crippen LogP contribution >= 0.6 is 0 Å². The maximum absolute atomic E-state index is 13.5. The fourth-order valence-electron chi connectivity index (χ4n) is 5.84. The van der Waals surface area contributed by atoms with Gasteiger partial charge in [-0.3, -0.25) is 19.2 Å². The van der Waals surface area contributed by atoms with Gasteiger partial charge < -0.3 is 25.7 Å². The van der Waals surface area contributed by atoms with Crippen LogP contribution in [0.25, 0.3) is 0 Å². The van der Waals surface area contributed by atoms with Crippen LogP contribution in [0.1, 0.15) is 41.4 Å². The molecule has 51 heavy (non-hydrogen) atoms. The summed E-state index contributed by atoms with van der Waals surface area (Å²) in [7, 11) is 0. The van der Waals surface area contributed by atoms with Crippen LogP contribution in [0.4, 0.5) is 22.7 Å². The summed E-state index contributed by atoms with van der Waals surface area (Å²) in [6, 6.07) is 36.2. The second kappa shape index (κ2) is 12.2. The number of nitrogens with two attached hydrogens (primary N) is 2. The van der Waals surface area contributed by atoms with E-state index < -0.39 is 23.6 Å². The first-order chi connectivity index (χ1) is 24.7. The van der Waals surface area contributed by atoms with Gasteiger partial charge in [0, 0.05) is 11.4 Å². The molecule has 2 aliphatic heterocycles. The zero-order valence-corrected chi connectivity index (χ0v) is 26.6. The van der Waals surface area contributed by atoms with Crippen LogP contribution in [0.15, 0.2) is 133 Å². The Morgan fingerprint density at radius 2 is 0.608 bits per heavy atom. The van der Waals surface area contributed by atoms with Crippen molar-refractivity contribution in [1.82, 2.24) is 0 Å². The lowest BCUT2D eigenvalue weighted by molar-refractivity contribution is 0.0910. The lowest BCUT2D eigenvalue weighted by Crippen LogP contribution is -2.29. The Hall–Kier alpha value is -7.40. The molecule has 0 radical (unpaired) electrons. The van der Waals surface area contributed by atoms with Gasteiger partial charge in [0.2, 0.25) is 0 Å². The van der Waals surface area contributed by atoms with E-state index in [9.17, 15) is 19.2 Å². The molecule has 0 unspecified atom stereocenters. The first-order valence-electron chi connectivity index (χ1n) is 15.7. The Morgan fingerprint density at radius 1 is 0.333 bits per heavy atom. The van der Waals surface area contributed by atoms with Crippen LogP contribution in [0.5, 0.6) is 34.5 Å². The number of benzene rings is 6. The van der Waals surface area contributed by atoms with E-state index in [0.29, 0.717) is 45.7 Å². The first-order valence-corrected chi connectivity index (χ1v) is 15.7. The number of carbonyl (C=O) groups is 4. The fraction of sp³-hybridized carbons (Fsp3) is 0. The molecule has 11 heteroatoms. The first kappa shape index (κ1) is 30.9. The summed E-state index contributed by atoms with van der Waals surface area (Å²) in [6.07, 6.45) is 0. The van der Waals surface area contributed by atoms with E-state index in [4.69, 9.17) is 25.7 Å². The normalized spacial score (nSPS) is 13.3. The molecule has 4 N–H and O–H groups in total. The van der Waals surface area contributed by atoms with E-state index in [1.165, 1.54) is 24.3 Å². The van der Waals surface area contributed by atoms with Crippen LogP contribution < -0.4 is 35.5 Å². The lowest BCUT2D eigenvalue weighted by atomic mass is 10.1. The standard InChI is InChI=1S/C40H26N4O7/c41-23-1-9-27(10-2-23)49-29-13-5-25(6-14-29)43-37(45)33-19-17-31(21-35(33)39(43)47)51-32-18-20-34-36(22-32)40(48)44(38(34)46)26-7-15-30(16-8-26)50-28-11-3-24(42)4-12-28/h1-22H,41-42H2. The molecule has 4 amide bonds. The van der Waals surface area contributed by atoms with E-state index in [1.807, 2.05) is 0 Å². The van der Waals surface area contributed by atoms with Crippen molar-refractivity contribution < 1.29 is 33.4 Å². The summed E-state index contributed by atoms with van der Waals surface area (Å²) in [5.41, 5.74) is 14.2. The topological polar surface area (TPSA) is 154 Å². The lowest BCUT2D eigenvalue weighted by Gasteiger charge is -2.14. The van der Waals surface area contributed by atoms with E-state index in [-0.39, 0.29) is 33.8 Å². The number of anilines is 4. The summed E-state index contributed by atoms with van der Waals surface area (Å²) in [5.74, 6) is 0.802. The Morgan fingerprint density at radius 3 is 0.961 bits per heavy atom. The van der Waals surface area contributed by atoms with Gasteiger partial charge in [0.15, 0.2) is 0 Å².